The van der Waals surface area contributed by atoms with E-state index in [9.17, 15) is 9.18 Å². The van der Waals surface area contributed by atoms with Crippen molar-refractivity contribution < 1.29 is 13.9 Å². The second-order valence-electron chi connectivity index (χ2n) is 4.81. The lowest BCUT2D eigenvalue weighted by atomic mass is 10.2. The number of carbonyl (C=O) groups excluding carboxylic acids is 1. The summed E-state index contributed by atoms with van der Waals surface area (Å²) in [5.41, 5.74) is 0.892. The molecule has 0 saturated carbocycles. The number of hydrogen-bond donors (Lipinski definition) is 1. The minimum Gasteiger partial charge on any atom is -0.492 e. The summed E-state index contributed by atoms with van der Waals surface area (Å²) in [6.07, 6.45) is 2.04. The molecule has 116 valence electrons. The molecule has 2 rings (SSSR count). The third-order valence-corrected chi connectivity index (χ3v) is 3.65. The van der Waals surface area contributed by atoms with Gasteiger partial charge in [-0.3, -0.25) is 4.79 Å². The van der Waals surface area contributed by atoms with Crippen LogP contribution in [0.1, 0.15) is 30.1 Å². The first kappa shape index (κ1) is 16.5. The Morgan fingerprint density at radius 1 is 1.27 bits per heavy atom. The average Bonchev–Trinajstić information content (AvgIpc) is 2.49. The Morgan fingerprint density at radius 3 is 2.77 bits per heavy atom. The lowest BCUT2D eigenvalue weighted by Crippen LogP contribution is -2.12. The molecule has 1 N–H and O–H groups in total. The quantitative estimate of drug-likeness (QED) is 0.729. The van der Waals surface area contributed by atoms with Crippen molar-refractivity contribution in [2.45, 2.75) is 19.8 Å². The van der Waals surface area contributed by atoms with Gasteiger partial charge in [-0.2, -0.15) is 0 Å². The molecule has 0 radical (unpaired) electrons. The second kappa shape index (κ2) is 7.94. The zero-order valence-electron chi connectivity index (χ0n) is 12.2. The van der Waals surface area contributed by atoms with Crippen LogP contribution in [0.5, 0.6) is 5.75 Å². The minimum atomic E-state index is -0.390. The Kier molecular flexibility index (Phi) is 5.95. The molecule has 0 fully saturated rings. The van der Waals surface area contributed by atoms with E-state index in [1.165, 1.54) is 12.1 Å². The van der Waals surface area contributed by atoms with Crippen molar-refractivity contribution in [1.29, 1.82) is 0 Å². The lowest BCUT2D eigenvalue weighted by molar-refractivity contribution is 0.102. The van der Waals surface area contributed by atoms with Gasteiger partial charge in [0, 0.05) is 11.3 Å². The first-order valence-electron chi connectivity index (χ1n) is 7.09. The average molecular weight is 366 g/mol. The number of anilines is 1. The maximum absolute atomic E-state index is 13.1. The summed E-state index contributed by atoms with van der Waals surface area (Å²) in [5.74, 6) is 0.0146. The summed E-state index contributed by atoms with van der Waals surface area (Å²) in [4.78, 5) is 12.2. The fourth-order valence-corrected chi connectivity index (χ4v) is 2.35. The first-order valence-corrected chi connectivity index (χ1v) is 7.88. The van der Waals surface area contributed by atoms with Crippen molar-refractivity contribution in [3.63, 3.8) is 0 Å². The molecule has 2 aromatic rings. The fourth-order valence-electron chi connectivity index (χ4n) is 1.86. The van der Waals surface area contributed by atoms with Crippen molar-refractivity contribution in [3.05, 3.63) is 58.3 Å². The number of rotatable bonds is 6. The Balaban J connectivity index is 2.05. The standard InChI is InChI=1S/C17H17BrFNO2/c1-2-3-9-22-16-8-7-12(10-15(16)18)17(21)20-14-6-4-5-13(19)11-14/h4-8,10-11H,2-3,9H2,1H3,(H,20,21). The van der Waals surface area contributed by atoms with Gasteiger partial charge in [0.1, 0.15) is 11.6 Å². The van der Waals surface area contributed by atoms with E-state index < -0.39 is 5.82 Å². The molecule has 0 bridgehead atoms. The highest BCUT2D eigenvalue weighted by Gasteiger charge is 2.10. The molecule has 1 amide bonds. The van der Waals surface area contributed by atoms with E-state index in [4.69, 9.17) is 4.74 Å². The number of carbonyl (C=O) groups is 1. The maximum atomic E-state index is 13.1. The predicted octanol–water partition coefficient (Wildman–Crippen LogP) is 5.02. The summed E-state index contributed by atoms with van der Waals surface area (Å²) in [6.45, 7) is 2.74. The van der Waals surface area contributed by atoms with Crippen LogP contribution in [0.25, 0.3) is 0 Å². The minimum absolute atomic E-state index is 0.300. The number of ether oxygens (including phenoxy) is 1. The first-order chi connectivity index (χ1) is 10.6. The Hall–Kier alpha value is -1.88. The topological polar surface area (TPSA) is 38.3 Å². The Bertz CT molecular complexity index is 661. The predicted molar refractivity (Wildman–Crippen MR) is 88.9 cm³/mol. The molecule has 0 aromatic heterocycles. The van der Waals surface area contributed by atoms with E-state index in [0.29, 0.717) is 23.6 Å². The van der Waals surface area contributed by atoms with Crippen molar-refractivity contribution in [2.24, 2.45) is 0 Å². The molecule has 2 aromatic carbocycles. The Morgan fingerprint density at radius 2 is 2.09 bits per heavy atom. The molecule has 22 heavy (non-hydrogen) atoms. The van der Waals surface area contributed by atoms with Crippen LogP contribution in [0.3, 0.4) is 0 Å². The smallest absolute Gasteiger partial charge is 0.255 e. The van der Waals surface area contributed by atoms with E-state index in [1.54, 1.807) is 30.3 Å². The van der Waals surface area contributed by atoms with Gasteiger partial charge in [-0.05, 0) is 58.7 Å². The van der Waals surface area contributed by atoms with Crippen LogP contribution in [-0.4, -0.2) is 12.5 Å². The van der Waals surface area contributed by atoms with Crippen LogP contribution >= 0.6 is 15.9 Å². The molecule has 3 nitrogen and oxygen atoms in total. The highest BCUT2D eigenvalue weighted by atomic mass is 79.9. The Labute approximate surface area is 137 Å². The van der Waals surface area contributed by atoms with Crippen LogP contribution in [0.4, 0.5) is 10.1 Å². The van der Waals surface area contributed by atoms with Crippen LogP contribution in [0.2, 0.25) is 0 Å². The highest BCUT2D eigenvalue weighted by molar-refractivity contribution is 9.10. The van der Waals surface area contributed by atoms with Crippen molar-refractivity contribution in [1.82, 2.24) is 0 Å². The van der Waals surface area contributed by atoms with E-state index in [1.807, 2.05) is 0 Å². The molecule has 5 heteroatoms. The number of hydrogen-bond acceptors (Lipinski definition) is 2. The van der Waals surface area contributed by atoms with E-state index >= 15 is 0 Å². The maximum Gasteiger partial charge on any atom is 0.255 e. The van der Waals surface area contributed by atoms with Gasteiger partial charge in [0.25, 0.3) is 5.91 Å². The molecule has 0 heterocycles. The largest absolute Gasteiger partial charge is 0.492 e. The van der Waals surface area contributed by atoms with Crippen LogP contribution in [0, 0.1) is 5.82 Å². The molecule has 0 aliphatic rings. The lowest BCUT2D eigenvalue weighted by Gasteiger charge is -2.10. The molecule has 0 spiro atoms. The summed E-state index contributed by atoms with van der Waals surface area (Å²) < 4.78 is 19.4. The van der Waals surface area contributed by atoms with Gasteiger partial charge in [0.2, 0.25) is 0 Å². The monoisotopic (exact) mass is 365 g/mol. The van der Waals surface area contributed by atoms with E-state index in [0.717, 1.165) is 17.3 Å². The van der Waals surface area contributed by atoms with Gasteiger partial charge in [-0.1, -0.05) is 19.4 Å². The fraction of sp³-hybridized carbons (Fsp3) is 0.235. The van der Waals surface area contributed by atoms with Gasteiger partial charge < -0.3 is 10.1 Å². The molecular weight excluding hydrogens is 349 g/mol. The van der Waals surface area contributed by atoms with E-state index in [2.05, 4.69) is 28.2 Å². The van der Waals surface area contributed by atoms with E-state index in [-0.39, 0.29) is 5.91 Å². The summed E-state index contributed by atoms with van der Waals surface area (Å²) >= 11 is 3.40. The van der Waals surface area contributed by atoms with Gasteiger partial charge in [-0.25, -0.2) is 4.39 Å². The number of amides is 1. The SMILES string of the molecule is CCCCOc1ccc(C(=O)Nc2cccc(F)c2)cc1Br. The summed E-state index contributed by atoms with van der Waals surface area (Å²) in [7, 11) is 0. The third-order valence-electron chi connectivity index (χ3n) is 3.03. The zero-order valence-corrected chi connectivity index (χ0v) is 13.8. The summed E-state index contributed by atoms with van der Waals surface area (Å²) in [5, 5.41) is 2.66. The number of nitrogens with one attached hydrogen (secondary N) is 1. The van der Waals surface area contributed by atoms with Crippen molar-refractivity contribution >= 4 is 27.5 Å². The highest BCUT2D eigenvalue weighted by Crippen LogP contribution is 2.26. The molecular formula is C17H17BrFNO2. The molecule has 0 aliphatic heterocycles. The molecule has 0 aliphatic carbocycles. The van der Waals surface area contributed by atoms with Gasteiger partial charge in [0.05, 0.1) is 11.1 Å². The number of unbranched alkanes of at least 4 members (excludes halogenated alkanes) is 1. The number of halogens is 2. The molecule has 0 atom stereocenters. The van der Waals surface area contributed by atoms with Crippen LogP contribution in [0.15, 0.2) is 46.9 Å². The van der Waals surface area contributed by atoms with Gasteiger partial charge in [-0.15, -0.1) is 0 Å². The number of benzene rings is 2. The molecule has 0 unspecified atom stereocenters. The van der Waals surface area contributed by atoms with Gasteiger partial charge in [0.15, 0.2) is 0 Å². The molecule has 0 saturated heterocycles. The normalized spacial score (nSPS) is 10.3. The van der Waals surface area contributed by atoms with Gasteiger partial charge >= 0.3 is 0 Å². The second-order valence-corrected chi connectivity index (χ2v) is 5.67. The zero-order chi connectivity index (χ0) is 15.9. The van der Waals surface area contributed by atoms with Crippen LogP contribution < -0.4 is 10.1 Å². The van der Waals surface area contributed by atoms with Crippen molar-refractivity contribution in [2.75, 3.05) is 11.9 Å². The van der Waals surface area contributed by atoms with Crippen LogP contribution in [-0.2, 0) is 0 Å². The third kappa shape index (κ3) is 4.56. The summed E-state index contributed by atoms with van der Waals surface area (Å²) in [6, 6.07) is 10.9. The van der Waals surface area contributed by atoms with Crippen molar-refractivity contribution in [3.8, 4) is 5.75 Å².